The first-order valence-corrected chi connectivity index (χ1v) is 5.55. The van der Waals surface area contributed by atoms with E-state index in [0.29, 0.717) is 0 Å². The molecule has 74 valence electrons. The van der Waals surface area contributed by atoms with Gasteiger partial charge in [-0.3, -0.25) is 4.90 Å². The molecule has 0 radical (unpaired) electrons. The molecule has 0 aromatic carbocycles. The fraction of sp³-hybridized carbons (Fsp3) is 0.444. The molecule has 0 rings (SSSR count). The molecule has 0 fully saturated rings. The van der Waals surface area contributed by atoms with Crippen molar-refractivity contribution >= 4 is 16.3 Å². The van der Waals surface area contributed by atoms with E-state index >= 15 is 0 Å². The van der Waals surface area contributed by atoms with Gasteiger partial charge < -0.3 is 4.74 Å². The molecule has 1 unspecified atom stereocenters. The number of carbonyl (C=O) groups is 1. The molecule has 1 atom stereocenters. The maximum atomic E-state index is 11.3. The van der Waals surface area contributed by atoms with Crippen LogP contribution in [0.3, 0.4) is 0 Å². The molecule has 0 bridgehead atoms. The van der Waals surface area contributed by atoms with Gasteiger partial charge in [0.05, 0.1) is 16.0 Å². The number of amides is 1. The SMILES string of the molecule is C=CN(C=C)C(=O)OC([SiH3])CCC. The molecular formula is C9H17NO2Si. The van der Waals surface area contributed by atoms with E-state index in [1.807, 2.05) is 0 Å². The van der Waals surface area contributed by atoms with Crippen LogP contribution in [-0.4, -0.2) is 27.0 Å². The maximum absolute atomic E-state index is 11.3. The van der Waals surface area contributed by atoms with Gasteiger partial charge in [0.25, 0.3) is 0 Å². The molecule has 0 aliphatic carbocycles. The van der Waals surface area contributed by atoms with Crippen LogP contribution in [0, 0.1) is 0 Å². The Balaban J connectivity index is 3.97. The smallest absolute Gasteiger partial charge is 0.417 e. The van der Waals surface area contributed by atoms with Crippen LogP contribution >= 0.6 is 0 Å². The van der Waals surface area contributed by atoms with Crippen molar-refractivity contribution in [2.45, 2.75) is 25.5 Å². The number of carbonyl (C=O) groups excluding carboxylic acids is 1. The summed E-state index contributed by atoms with van der Waals surface area (Å²) < 4.78 is 5.14. The lowest BCUT2D eigenvalue weighted by atomic mass is 10.4. The first-order chi connectivity index (χ1) is 6.15. The summed E-state index contributed by atoms with van der Waals surface area (Å²) in [4.78, 5) is 12.5. The molecule has 0 saturated heterocycles. The van der Waals surface area contributed by atoms with Gasteiger partial charge in [0.1, 0.15) is 0 Å². The summed E-state index contributed by atoms with van der Waals surface area (Å²) in [5.74, 6) is 0. The Bertz CT molecular complexity index is 186. The van der Waals surface area contributed by atoms with Crippen LogP contribution in [0.1, 0.15) is 19.8 Å². The molecule has 0 aromatic rings. The van der Waals surface area contributed by atoms with Gasteiger partial charge >= 0.3 is 6.09 Å². The van der Waals surface area contributed by atoms with Crippen LogP contribution in [0.25, 0.3) is 0 Å². The van der Waals surface area contributed by atoms with Crippen molar-refractivity contribution in [1.29, 1.82) is 0 Å². The molecule has 0 aromatic heterocycles. The molecule has 4 heteroatoms. The van der Waals surface area contributed by atoms with Crippen molar-refractivity contribution < 1.29 is 9.53 Å². The molecule has 0 heterocycles. The second-order valence-electron chi connectivity index (χ2n) is 2.76. The Labute approximate surface area is 82.5 Å². The fourth-order valence-electron chi connectivity index (χ4n) is 0.922. The molecule has 0 N–H and O–H groups in total. The summed E-state index contributed by atoms with van der Waals surface area (Å²) in [5.41, 5.74) is 0.0832. The van der Waals surface area contributed by atoms with Gasteiger partial charge in [-0.1, -0.05) is 26.5 Å². The average molecular weight is 199 g/mol. The normalized spacial score (nSPS) is 11.8. The second kappa shape index (κ2) is 6.48. The summed E-state index contributed by atoms with van der Waals surface area (Å²) in [6, 6.07) is 0. The minimum Gasteiger partial charge on any atom is -0.451 e. The Kier molecular flexibility index (Phi) is 5.96. The first-order valence-electron chi connectivity index (χ1n) is 4.39. The van der Waals surface area contributed by atoms with Gasteiger partial charge in [0, 0.05) is 12.4 Å². The van der Waals surface area contributed by atoms with Gasteiger partial charge in [-0.15, -0.1) is 0 Å². The summed E-state index contributed by atoms with van der Waals surface area (Å²) in [6.45, 7) is 9.01. The minimum atomic E-state index is -0.390. The highest BCUT2D eigenvalue weighted by Gasteiger charge is 2.11. The summed E-state index contributed by atoms with van der Waals surface area (Å²) in [5, 5.41) is 0. The predicted molar refractivity (Wildman–Crippen MR) is 57.3 cm³/mol. The lowest BCUT2D eigenvalue weighted by Gasteiger charge is -2.17. The molecule has 13 heavy (non-hydrogen) atoms. The predicted octanol–water partition coefficient (Wildman–Crippen LogP) is 1.20. The van der Waals surface area contributed by atoms with Crippen molar-refractivity contribution in [2.24, 2.45) is 0 Å². The Morgan fingerprint density at radius 1 is 1.62 bits per heavy atom. The Morgan fingerprint density at radius 2 is 2.15 bits per heavy atom. The van der Waals surface area contributed by atoms with E-state index in [0.717, 1.165) is 23.1 Å². The summed E-state index contributed by atoms with van der Waals surface area (Å²) in [7, 11) is 0.859. The van der Waals surface area contributed by atoms with Crippen molar-refractivity contribution in [2.75, 3.05) is 0 Å². The van der Waals surface area contributed by atoms with E-state index in [4.69, 9.17) is 4.74 Å². The highest BCUT2D eigenvalue weighted by atomic mass is 28.1. The van der Waals surface area contributed by atoms with Gasteiger partial charge in [-0.05, 0) is 6.42 Å². The maximum Gasteiger partial charge on any atom is 0.417 e. The highest BCUT2D eigenvalue weighted by Crippen LogP contribution is 2.02. The zero-order chi connectivity index (χ0) is 10.3. The number of rotatable bonds is 5. The van der Waals surface area contributed by atoms with Crippen molar-refractivity contribution in [3.63, 3.8) is 0 Å². The zero-order valence-electron chi connectivity index (χ0n) is 8.32. The summed E-state index contributed by atoms with van der Waals surface area (Å²) in [6.07, 6.45) is 4.34. The van der Waals surface area contributed by atoms with Crippen LogP contribution in [0.5, 0.6) is 0 Å². The van der Waals surface area contributed by atoms with E-state index < -0.39 is 6.09 Å². The molecule has 3 nitrogen and oxygen atoms in total. The zero-order valence-corrected chi connectivity index (χ0v) is 10.3. The summed E-state index contributed by atoms with van der Waals surface area (Å²) >= 11 is 0. The minimum absolute atomic E-state index is 0.0832. The van der Waals surface area contributed by atoms with Crippen LogP contribution in [0.2, 0.25) is 0 Å². The monoisotopic (exact) mass is 199 g/mol. The van der Waals surface area contributed by atoms with Crippen molar-refractivity contribution in [3.8, 4) is 0 Å². The van der Waals surface area contributed by atoms with Gasteiger partial charge in [0.2, 0.25) is 0 Å². The molecule has 0 aliphatic rings. The van der Waals surface area contributed by atoms with Gasteiger partial charge in [-0.2, -0.15) is 0 Å². The van der Waals surface area contributed by atoms with E-state index in [9.17, 15) is 4.79 Å². The lowest BCUT2D eigenvalue weighted by Crippen LogP contribution is -2.26. The average Bonchev–Trinajstić information content (AvgIpc) is 2.06. The largest absolute Gasteiger partial charge is 0.451 e. The number of nitrogens with zero attached hydrogens (tertiary/aromatic N) is 1. The van der Waals surface area contributed by atoms with E-state index in [-0.39, 0.29) is 5.73 Å². The Hall–Kier alpha value is -1.03. The van der Waals surface area contributed by atoms with Gasteiger partial charge in [-0.25, -0.2) is 4.79 Å². The van der Waals surface area contributed by atoms with Gasteiger partial charge in [0.15, 0.2) is 0 Å². The topological polar surface area (TPSA) is 29.5 Å². The highest BCUT2D eigenvalue weighted by molar-refractivity contribution is 6.11. The number of hydrogen-bond donors (Lipinski definition) is 0. The fourth-order valence-corrected chi connectivity index (χ4v) is 1.70. The van der Waals surface area contributed by atoms with Crippen LogP contribution in [-0.2, 0) is 4.74 Å². The van der Waals surface area contributed by atoms with E-state index in [1.165, 1.54) is 17.3 Å². The van der Waals surface area contributed by atoms with Crippen molar-refractivity contribution in [3.05, 3.63) is 25.6 Å². The number of ether oxygens (including phenoxy) is 1. The van der Waals surface area contributed by atoms with Crippen LogP contribution in [0.4, 0.5) is 4.79 Å². The third kappa shape index (κ3) is 4.52. The molecule has 0 spiro atoms. The Morgan fingerprint density at radius 3 is 2.54 bits per heavy atom. The van der Waals surface area contributed by atoms with Crippen LogP contribution < -0.4 is 0 Å². The second-order valence-corrected chi connectivity index (χ2v) is 4.04. The van der Waals surface area contributed by atoms with E-state index in [1.54, 1.807) is 0 Å². The molecule has 0 saturated carbocycles. The third-order valence-corrected chi connectivity index (χ3v) is 2.41. The van der Waals surface area contributed by atoms with Crippen LogP contribution in [0.15, 0.2) is 25.6 Å². The van der Waals surface area contributed by atoms with Crippen molar-refractivity contribution in [1.82, 2.24) is 4.90 Å². The van der Waals surface area contributed by atoms with E-state index in [2.05, 4.69) is 20.1 Å². The standard InChI is InChI=1S/C9H17NO2Si/c1-4-7-8(13)12-9(11)10(5-2)6-3/h5-6,8H,2-4,7H2,1,13H3. The lowest BCUT2D eigenvalue weighted by molar-refractivity contribution is 0.111. The third-order valence-electron chi connectivity index (χ3n) is 1.60. The first kappa shape index (κ1) is 12.0. The number of hydrogen-bond acceptors (Lipinski definition) is 2. The molecule has 1 amide bonds. The molecule has 0 aliphatic heterocycles. The molecular weight excluding hydrogens is 182 g/mol. The quantitative estimate of drug-likeness (QED) is 0.623.